The third-order valence-electron chi connectivity index (χ3n) is 6.74. The summed E-state index contributed by atoms with van der Waals surface area (Å²) in [5.74, 6) is 3.74. The number of hydrogen-bond acceptors (Lipinski definition) is 10. The Balaban J connectivity index is 1.03. The molecule has 2 aliphatic rings. The van der Waals surface area contributed by atoms with E-state index >= 15 is 0 Å². The Morgan fingerprint density at radius 3 is 2.85 bits per heavy atom. The van der Waals surface area contributed by atoms with E-state index in [-0.39, 0.29) is 0 Å². The van der Waals surface area contributed by atoms with E-state index < -0.39 is 0 Å². The van der Waals surface area contributed by atoms with E-state index in [1.54, 1.807) is 24.3 Å². The molecule has 5 rings (SSSR count). The van der Waals surface area contributed by atoms with E-state index in [1.165, 1.54) is 19.3 Å². The molecule has 0 aromatic carbocycles. The molecule has 0 N–H and O–H groups in total. The lowest BCUT2D eigenvalue weighted by molar-refractivity contribution is 0.199. The standard InChI is InChI=1S/C22H30N8O3/c1-15-11-18(30-14-24-27-28-30)13-23-21(15)32-10-5-17-12-19(17)16-3-7-29(8-4-16)22-25-20(26-33-22)6-9-31-2/h11,13-14,16-17,19H,3-10,12H2,1-2H3. The van der Waals surface area contributed by atoms with Crippen LogP contribution in [0.5, 0.6) is 5.88 Å². The molecule has 4 heterocycles. The number of hydrogen-bond donors (Lipinski definition) is 0. The minimum absolute atomic E-state index is 0.607. The molecule has 2 fully saturated rings. The van der Waals surface area contributed by atoms with E-state index in [0.29, 0.717) is 37.4 Å². The highest BCUT2D eigenvalue weighted by Crippen LogP contribution is 2.49. The van der Waals surface area contributed by atoms with Crippen molar-refractivity contribution in [2.75, 3.05) is 38.3 Å². The fraction of sp³-hybridized carbons (Fsp3) is 0.636. The van der Waals surface area contributed by atoms with Crippen LogP contribution in [0.25, 0.3) is 5.69 Å². The molecule has 11 nitrogen and oxygen atoms in total. The second kappa shape index (κ2) is 9.82. The fourth-order valence-electron chi connectivity index (χ4n) is 4.78. The van der Waals surface area contributed by atoms with Crippen molar-refractivity contribution in [1.29, 1.82) is 0 Å². The molecule has 1 saturated heterocycles. The molecule has 176 valence electrons. The Bertz CT molecular complexity index is 1030. The van der Waals surface area contributed by atoms with Crippen LogP contribution in [-0.2, 0) is 11.2 Å². The quantitative estimate of drug-likeness (QED) is 0.451. The topological polar surface area (TPSA) is 117 Å². The van der Waals surface area contributed by atoms with Crippen molar-refractivity contribution in [1.82, 2.24) is 35.3 Å². The normalized spacial score (nSPS) is 20.8. The summed E-state index contributed by atoms with van der Waals surface area (Å²) >= 11 is 0. The zero-order valence-electron chi connectivity index (χ0n) is 19.1. The zero-order chi connectivity index (χ0) is 22.6. The summed E-state index contributed by atoms with van der Waals surface area (Å²) < 4.78 is 18.1. The third-order valence-corrected chi connectivity index (χ3v) is 6.74. The monoisotopic (exact) mass is 454 g/mol. The molecular formula is C22H30N8O3. The van der Waals surface area contributed by atoms with Gasteiger partial charge in [-0.05, 0) is 66.9 Å². The number of nitrogens with zero attached hydrogens (tertiary/aromatic N) is 8. The van der Waals surface area contributed by atoms with Crippen molar-refractivity contribution in [3.05, 3.63) is 30.0 Å². The SMILES string of the molecule is COCCc1noc(N2CCC(C3CC3CCOc3ncc(-n4cnnn4)cc3C)CC2)n1. The highest BCUT2D eigenvalue weighted by atomic mass is 16.5. The van der Waals surface area contributed by atoms with E-state index in [0.717, 1.165) is 48.5 Å². The van der Waals surface area contributed by atoms with Gasteiger partial charge in [0.1, 0.15) is 6.33 Å². The second-order valence-corrected chi connectivity index (χ2v) is 8.93. The first kappa shape index (κ1) is 21.7. The smallest absolute Gasteiger partial charge is 0.324 e. The van der Waals surface area contributed by atoms with Crippen LogP contribution in [0.4, 0.5) is 6.01 Å². The lowest BCUT2D eigenvalue weighted by atomic mass is 9.90. The van der Waals surface area contributed by atoms with Gasteiger partial charge in [0.2, 0.25) is 5.88 Å². The maximum atomic E-state index is 5.98. The number of aromatic nitrogens is 7. The lowest BCUT2D eigenvalue weighted by Gasteiger charge is -2.30. The van der Waals surface area contributed by atoms with Crippen molar-refractivity contribution in [3.8, 4) is 11.6 Å². The van der Waals surface area contributed by atoms with Gasteiger partial charge >= 0.3 is 6.01 Å². The maximum absolute atomic E-state index is 5.98. The Kier molecular flexibility index (Phi) is 6.47. The zero-order valence-corrected chi connectivity index (χ0v) is 19.1. The van der Waals surface area contributed by atoms with Gasteiger partial charge in [-0.3, -0.25) is 0 Å². The van der Waals surface area contributed by atoms with Gasteiger partial charge in [-0.2, -0.15) is 9.67 Å². The summed E-state index contributed by atoms with van der Waals surface area (Å²) in [6.07, 6.45) is 8.70. The first-order valence-corrected chi connectivity index (χ1v) is 11.6. The highest BCUT2D eigenvalue weighted by Gasteiger charge is 2.43. The van der Waals surface area contributed by atoms with Crippen LogP contribution in [0.2, 0.25) is 0 Å². The summed E-state index contributed by atoms with van der Waals surface area (Å²) in [4.78, 5) is 11.2. The molecule has 0 spiro atoms. The summed E-state index contributed by atoms with van der Waals surface area (Å²) in [5, 5.41) is 15.3. The molecule has 1 saturated carbocycles. The molecule has 0 amide bonds. The van der Waals surface area contributed by atoms with Crippen molar-refractivity contribution in [3.63, 3.8) is 0 Å². The van der Waals surface area contributed by atoms with Gasteiger partial charge in [0.15, 0.2) is 5.82 Å². The summed E-state index contributed by atoms with van der Waals surface area (Å²) in [7, 11) is 1.68. The van der Waals surface area contributed by atoms with Crippen LogP contribution in [-0.4, -0.2) is 68.7 Å². The first-order chi connectivity index (χ1) is 16.2. The molecule has 11 heteroatoms. The first-order valence-electron chi connectivity index (χ1n) is 11.6. The Labute approximate surface area is 192 Å². The average molecular weight is 455 g/mol. The minimum atomic E-state index is 0.607. The number of tetrazole rings is 1. The molecular weight excluding hydrogens is 424 g/mol. The van der Waals surface area contributed by atoms with Gasteiger partial charge in [0, 0.05) is 32.2 Å². The van der Waals surface area contributed by atoms with Gasteiger partial charge < -0.3 is 18.9 Å². The third kappa shape index (κ3) is 5.13. The lowest BCUT2D eigenvalue weighted by Crippen LogP contribution is -2.34. The van der Waals surface area contributed by atoms with E-state index in [2.05, 4.69) is 35.5 Å². The molecule has 0 bridgehead atoms. The van der Waals surface area contributed by atoms with Gasteiger partial charge in [-0.1, -0.05) is 5.16 Å². The number of methoxy groups -OCH3 is 1. The summed E-state index contributed by atoms with van der Waals surface area (Å²) in [6.45, 7) is 5.26. The Hall–Kier alpha value is -3.08. The summed E-state index contributed by atoms with van der Waals surface area (Å²) in [6, 6.07) is 2.63. The molecule has 0 radical (unpaired) electrons. The number of piperidine rings is 1. The molecule has 2 unspecified atom stereocenters. The molecule has 33 heavy (non-hydrogen) atoms. The van der Waals surface area contributed by atoms with Crippen LogP contribution in [0.3, 0.4) is 0 Å². The Morgan fingerprint density at radius 2 is 2.09 bits per heavy atom. The van der Waals surface area contributed by atoms with Gasteiger partial charge in [0.05, 0.1) is 25.1 Å². The van der Waals surface area contributed by atoms with Crippen molar-refractivity contribution < 1.29 is 14.0 Å². The number of ether oxygens (including phenoxy) is 2. The average Bonchev–Trinajstić information content (AvgIpc) is 3.21. The van der Waals surface area contributed by atoms with Gasteiger partial charge in [-0.15, -0.1) is 5.10 Å². The molecule has 1 aliphatic carbocycles. The van der Waals surface area contributed by atoms with Gasteiger partial charge in [-0.25, -0.2) is 4.98 Å². The molecule has 1 aliphatic heterocycles. The Morgan fingerprint density at radius 1 is 1.21 bits per heavy atom. The largest absolute Gasteiger partial charge is 0.477 e. The number of rotatable bonds is 10. The number of anilines is 1. The van der Waals surface area contributed by atoms with Crippen LogP contribution in [0.1, 0.15) is 37.1 Å². The van der Waals surface area contributed by atoms with E-state index in [1.807, 2.05) is 13.0 Å². The van der Waals surface area contributed by atoms with Crippen LogP contribution < -0.4 is 9.64 Å². The fourth-order valence-corrected chi connectivity index (χ4v) is 4.78. The van der Waals surface area contributed by atoms with Crippen molar-refractivity contribution in [2.24, 2.45) is 17.8 Å². The van der Waals surface area contributed by atoms with E-state index in [4.69, 9.17) is 14.0 Å². The van der Waals surface area contributed by atoms with Crippen molar-refractivity contribution >= 4 is 6.01 Å². The maximum Gasteiger partial charge on any atom is 0.324 e. The van der Waals surface area contributed by atoms with Crippen LogP contribution in [0, 0.1) is 24.7 Å². The van der Waals surface area contributed by atoms with Gasteiger partial charge in [0.25, 0.3) is 0 Å². The van der Waals surface area contributed by atoms with Crippen LogP contribution >= 0.6 is 0 Å². The predicted octanol–water partition coefficient (Wildman–Crippen LogP) is 2.26. The van der Waals surface area contributed by atoms with Crippen molar-refractivity contribution in [2.45, 2.75) is 39.0 Å². The van der Waals surface area contributed by atoms with E-state index in [9.17, 15) is 0 Å². The second-order valence-electron chi connectivity index (χ2n) is 8.93. The molecule has 2 atom stereocenters. The molecule has 3 aromatic heterocycles. The summed E-state index contributed by atoms with van der Waals surface area (Å²) in [5.41, 5.74) is 1.80. The molecule has 3 aromatic rings. The highest BCUT2D eigenvalue weighted by molar-refractivity contribution is 5.36. The predicted molar refractivity (Wildman–Crippen MR) is 118 cm³/mol. The number of aryl methyl sites for hydroxylation is 1. The van der Waals surface area contributed by atoms with Crippen LogP contribution in [0.15, 0.2) is 23.1 Å². The number of pyridine rings is 1. The minimum Gasteiger partial charge on any atom is -0.477 e.